The van der Waals surface area contributed by atoms with Crippen LogP contribution in [0.5, 0.6) is 0 Å². The van der Waals surface area contributed by atoms with E-state index in [0.717, 1.165) is 37.7 Å². The van der Waals surface area contributed by atoms with Crippen molar-refractivity contribution in [2.45, 2.75) is 19.9 Å². The molecule has 22 heavy (non-hydrogen) atoms. The van der Waals surface area contributed by atoms with Crippen LogP contribution < -0.4 is 5.32 Å². The molecule has 1 N–H and O–H groups in total. The van der Waals surface area contributed by atoms with Crippen LogP contribution in [0, 0.1) is 5.92 Å². The fraction of sp³-hybridized carbons (Fsp3) is 0.533. The Morgan fingerprint density at radius 3 is 3.18 bits per heavy atom. The lowest BCUT2D eigenvalue weighted by Gasteiger charge is -2.23. The molecule has 118 valence electrons. The number of hydrogen-bond acceptors (Lipinski definition) is 4. The van der Waals surface area contributed by atoms with Gasteiger partial charge in [0.15, 0.2) is 11.5 Å². The van der Waals surface area contributed by atoms with Crippen molar-refractivity contribution in [2.24, 2.45) is 5.92 Å². The van der Waals surface area contributed by atoms with Crippen LogP contribution >= 0.6 is 0 Å². The van der Waals surface area contributed by atoms with Crippen molar-refractivity contribution < 1.29 is 9.53 Å². The molecule has 2 amide bonds. The van der Waals surface area contributed by atoms with Crippen LogP contribution in [-0.2, 0) is 11.3 Å². The average Bonchev–Trinajstić information content (AvgIpc) is 3.20. The molecule has 0 bridgehead atoms. The fourth-order valence-corrected chi connectivity index (χ4v) is 2.67. The lowest BCUT2D eigenvalue weighted by atomic mass is 10.1. The minimum absolute atomic E-state index is 0.0675. The highest BCUT2D eigenvalue weighted by molar-refractivity contribution is 5.74. The van der Waals surface area contributed by atoms with Gasteiger partial charge >= 0.3 is 6.03 Å². The number of urea groups is 1. The Morgan fingerprint density at radius 1 is 1.50 bits per heavy atom. The van der Waals surface area contributed by atoms with E-state index in [9.17, 15) is 4.79 Å². The molecule has 0 spiro atoms. The van der Waals surface area contributed by atoms with Crippen LogP contribution in [0.4, 0.5) is 4.79 Å². The van der Waals surface area contributed by atoms with Crippen LogP contribution in [-0.4, -0.2) is 51.8 Å². The molecule has 1 aliphatic heterocycles. The van der Waals surface area contributed by atoms with Crippen LogP contribution in [0.25, 0.3) is 5.65 Å². The van der Waals surface area contributed by atoms with Gasteiger partial charge in [-0.2, -0.15) is 0 Å². The van der Waals surface area contributed by atoms with Gasteiger partial charge in [0.1, 0.15) is 0 Å². The normalized spacial score (nSPS) is 17.8. The van der Waals surface area contributed by atoms with Crippen molar-refractivity contribution in [2.75, 3.05) is 26.3 Å². The summed E-state index contributed by atoms with van der Waals surface area (Å²) in [5.41, 5.74) is 0.780. The smallest absolute Gasteiger partial charge is 0.317 e. The highest BCUT2D eigenvalue weighted by Crippen LogP contribution is 2.14. The molecular formula is C15H21N5O2. The van der Waals surface area contributed by atoms with E-state index in [1.807, 2.05) is 40.6 Å². The first-order valence-corrected chi connectivity index (χ1v) is 7.67. The second-order valence-electron chi connectivity index (χ2n) is 5.47. The van der Waals surface area contributed by atoms with Gasteiger partial charge in [0.2, 0.25) is 0 Å². The molecule has 7 heteroatoms. The summed E-state index contributed by atoms with van der Waals surface area (Å²) in [6.07, 6.45) is 2.92. The summed E-state index contributed by atoms with van der Waals surface area (Å²) in [5.74, 6) is 1.17. The maximum atomic E-state index is 12.3. The summed E-state index contributed by atoms with van der Waals surface area (Å²) in [6, 6.07) is 5.65. The standard InChI is InChI=1S/C15H21N5O2/c1-2-19(10-12-6-8-22-11-12)15(21)16-9-14-18-17-13-5-3-4-7-20(13)14/h3-5,7,12H,2,6,8-11H2,1H3,(H,16,21). The first-order chi connectivity index (χ1) is 10.8. The summed E-state index contributed by atoms with van der Waals surface area (Å²) >= 11 is 0. The van der Waals surface area contributed by atoms with Crippen molar-refractivity contribution in [3.8, 4) is 0 Å². The number of ether oxygens (including phenoxy) is 1. The van der Waals surface area contributed by atoms with E-state index in [-0.39, 0.29) is 6.03 Å². The maximum Gasteiger partial charge on any atom is 0.317 e. The summed E-state index contributed by atoms with van der Waals surface area (Å²) in [6.45, 7) is 5.32. The number of nitrogens with one attached hydrogen (secondary N) is 1. The van der Waals surface area contributed by atoms with Crippen molar-refractivity contribution in [3.05, 3.63) is 30.2 Å². The van der Waals surface area contributed by atoms with Gasteiger partial charge in [-0.25, -0.2) is 4.79 Å². The monoisotopic (exact) mass is 303 g/mol. The SMILES string of the molecule is CCN(CC1CCOC1)C(=O)NCc1nnc2ccccn12. The van der Waals surface area contributed by atoms with E-state index in [4.69, 9.17) is 4.74 Å². The molecule has 7 nitrogen and oxygen atoms in total. The van der Waals surface area contributed by atoms with Crippen LogP contribution in [0.2, 0.25) is 0 Å². The van der Waals surface area contributed by atoms with Gasteiger partial charge in [-0.3, -0.25) is 4.40 Å². The van der Waals surface area contributed by atoms with E-state index in [0.29, 0.717) is 19.0 Å². The number of aromatic nitrogens is 3. The third-order valence-corrected chi connectivity index (χ3v) is 3.95. The largest absolute Gasteiger partial charge is 0.381 e. The minimum Gasteiger partial charge on any atom is -0.381 e. The van der Waals surface area contributed by atoms with Crippen molar-refractivity contribution in [3.63, 3.8) is 0 Å². The Morgan fingerprint density at radius 2 is 2.41 bits per heavy atom. The Hall–Kier alpha value is -2.15. The molecule has 2 aromatic heterocycles. The number of amides is 2. The Labute approximate surface area is 129 Å². The van der Waals surface area contributed by atoms with Gasteiger partial charge < -0.3 is 15.0 Å². The number of fused-ring (bicyclic) bond motifs is 1. The highest BCUT2D eigenvalue weighted by atomic mass is 16.5. The predicted molar refractivity (Wildman–Crippen MR) is 81.4 cm³/mol. The van der Waals surface area contributed by atoms with Gasteiger partial charge in [-0.05, 0) is 25.5 Å². The Kier molecular flexibility index (Phi) is 4.53. The molecule has 0 aromatic carbocycles. The molecule has 0 aliphatic carbocycles. The lowest BCUT2D eigenvalue weighted by Crippen LogP contribution is -2.42. The Balaban J connectivity index is 1.58. The molecule has 3 heterocycles. The number of carbonyl (C=O) groups excluding carboxylic acids is 1. The fourth-order valence-electron chi connectivity index (χ4n) is 2.67. The summed E-state index contributed by atoms with van der Waals surface area (Å²) in [5, 5.41) is 11.1. The number of rotatable bonds is 5. The van der Waals surface area contributed by atoms with Crippen molar-refractivity contribution >= 4 is 11.7 Å². The number of hydrogen-bond donors (Lipinski definition) is 1. The lowest BCUT2D eigenvalue weighted by molar-refractivity contribution is 0.166. The molecule has 0 saturated carbocycles. The molecule has 3 rings (SSSR count). The third kappa shape index (κ3) is 3.19. The van der Waals surface area contributed by atoms with E-state index >= 15 is 0 Å². The van der Waals surface area contributed by atoms with Gasteiger partial charge in [0, 0.05) is 31.8 Å². The van der Waals surface area contributed by atoms with E-state index in [1.165, 1.54) is 0 Å². The van der Waals surface area contributed by atoms with Crippen molar-refractivity contribution in [1.82, 2.24) is 24.8 Å². The second kappa shape index (κ2) is 6.74. The van der Waals surface area contributed by atoms with Crippen molar-refractivity contribution in [1.29, 1.82) is 0 Å². The van der Waals surface area contributed by atoms with Gasteiger partial charge in [-0.15, -0.1) is 10.2 Å². The maximum absolute atomic E-state index is 12.3. The summed E-state index contributed by atoms with van der Waals surface area (Å²) in [7, 11) is 0. The molecule has 1 unspecified atom stereocenters. The third-order valence-electron chi connectivity index (χ3n) is 3.95. The highest BCUT2D eigenvalue weighted by Gasteiger charge is 2.21. The molecule has 0 radical (unpaired) electrons. The van der Waals surface area contributed by atoms with Crippen LogP contribution in [0.1, 0.15) is 19.2 Å². The molecule has 1 atom stereocenters. The molecule has 1 fully saturated rings. The zero-order valence-electron chi connectivity index (χ0n) is 12.7. The summed E-state index contributed by atoms with van der Waals surface area (Å²) < 4.78 is 7.25. The minimum atomic E-state index is -0.0675. The topological polar surface area (TPSA) is 71.8 Å². The molecule has 1 saturated heterocycles. The number of pyridine rings is 1. The van der Waals surface area contributed by atoms with Crippen LogP contribution in [0.3, 0.4) is 0 Å². The van der Waals surface area contributed by atoms with Gasteiger partial charge in [-0.1, -0.05) is 6.07 Å². The first kappa shape index (κ1) is 14.8. The van der Waals surface area contributed by atoms with Gasteiger partial charge in [0.25, 0.3) is 0 Å². The zero-order chi connectivity index (χ0) is 15.4. The zero-order valence-corrected chi connectivity index (χ0v) is 12.7. The van der Waals surface area contributed by atoms with E-state index in [1.54, 1.807) is 0 Å². The number of carbonyl (C=O) groups is 1. The summed E-state index contributed by atoms with van der Waals surface area (Å²) in [4.78, 5) is 14.1. The quantitative estimate of drug-likeness (QED) is 0.903. The average molecular weight is 303 g/mol. The van der Waals surface area contributed by atoms with E-state index < -0.39 is 0 Å². The molecule has 1 aliphatic rings. The number of nitrogens with zero attached hydrogens (tertiary/aromatic N) is 4. The predicted octanol–water partition coefficient (Wildman–Crippen LogP) is 1.30. The molecular weight excluding hydrogens is 282 g/mol. The van der Waals surface area contributed by atoms with Gasteiger partial charge in [0.05, 0.1) is 13.2 Å². The second-order valence-corrected chi connectivity index (χ2v) is 5.47. The molecule has 2 aromatic rings. The van der Waals surface area contributed by atoms with Crippen LogP contribution in [0.15, 0.2) is 24.4 Å². The first-order valence-electron chi connectivity index (χ1n) is 7.67. The Bertz CT molecular complexity index is 636. The van der Waals surface area contributed by atoms with E-state index in [2.05, 4.69) is 15.5 Å².